The van der Waals surface area contributed by atoms with Crippen molar-refractivity contribution in [2.45, 2.75) is 13.3 Å². The van der Waals surface area contributed by atoms with Gasteiger partial charge in [-0.05, 0) is 37.3 Å². The van der Waals surface area contributed by atoms with Gasteiger partial charge in [-0.1, -0.05) is 0 Å². The molecule has 2 heterocycles. The van der Waals surface area contributed by atoms with E-state index in [1.807, 2.05) is 6.92 Å². The molecule has 0 aliphatic heterocycles. The van der Waals surface area contributed by atoms with Crippen molar-refractivity contribution >= 4 is 40.2 Å². The number of carbonyl (C=O) groups is 1. The SMILES string of the molecule is CCOC.Cn1c(Nc2nc3ccc(OC(F)(F)F)cc3[nH]2)nc2cc(C=O)ccc21. The number of nitrogens with one attached hydrogen (secondary N) is 2. The minimum absolute atomic E-state index is 0.308. The quantitative estimate of drug-likeness (QED) is 0.447. The zero-order valence-corrected chi connectivity index (χ0v) is 16.9. The summed E-state index contributed by atoms with van der Waals surface area (Å²) < 4.78 is 47.2. The second kappa shape index (κ2) is 9.04. The first-order chi connectivity index (χ1) is 14.7. The number of nitrogens with zero attached hydrogens (tertiary/aromatic N) is 3. The molecule has 8 nitrogen and oxygen atoms in total. The lowest BCUT2D eigenvalue weighted by Crippen LogP contribution is -2.16. The molecule has 164 valence electrons. The molecular formula is C20H20F3N5O3. The number of carbonyl (C=O) groups excluding carboxylic acids is 1. The molecule has 0 saturated carbocycles. The summed E-state index contributed by atoms with van der Waals surface area (Å²) in [6.07, 6.45) is -4.02. The maximum atomic E-state index is 12.3. The number of imidazole rings is 2. The van der Waals surface area contributed by atoms with Gasteiger partial charge in [-0.2, -0.15) is 0 Å². The Morgan fingerprint density at radius 3 is 2.55 bits per heavy atom. The van der Waals surface area contributed by atoms with Crippen LogP contribution in [0, 0.1) is 0 Å². The lowest BCUT2D eigenvalue weighted by Gasteiger charge is -2.07. The van der Waals surface area contributed by atoms with Gasteiger partial charge in [0.15, 0.2) is 0 Å². The summed E-state index contributed by atoms with van der Waals surface area (Å²) >= 11 is 0. The van der Waals surface area contributed by atoms with E-state index in [9.17, 15) is 18.0 Å². The van der Waals surface area contributed by atoms with E-state index in [2.05, 4.69) is 29.7 Å². The summed E-state index contributed by atoms with van der Waals surface area (Å²) in [5.74, 6) is 0.427. The fourth-order valence-corrected chi connectivity index (χ4v) is 2.75. The highest BCUT2D eigenvalue weighted by molar-refractivity contribution is 5.87. The van der Waals surface area contributed by atoms with Crippen LogP contribution < -0.4 is 10.1 Å². The molecule has 0 saturated heterocycles. The highest BCUT2D eigenvalue weighted by atomic mass is 19.4. The third-order valence-corrected chi connectivity index (χ3v) is 4.25. The van der Waals surface area contributed by atoms with Crippen molar-refractivity contribution < 1.29 is 27.4 Å². The van der Waals surface area contributed by atoms with Gasteiger partial charge >= 0.3 is 6.36 Å². The van der Waals surface area contributed by atoms with Crippen molar-refractivity contribution in [3.63, 3.8) is 0 Å². The lowest BCUT2D eigenvalue weighted by atomic mass is 10.2. The summed E-state index contributed by atoms with van der Waals surface area (Å²) in [6.45, 7) is 2.78. The number of aromatic amines is 1. The lowest BCUT2D eigenvalue weighted by molar-refractivity contribution is -0.274. The summed E-state index contributed by atoms with van der Waals surface area (Å²) in [4.78, 5) is 22.5. The molecule has 0 bridgehead atoms. The Balaban J connectivity index is 0.000000628. The first kappa shape index (κ1) is 22.1. The van der Waals surface area contributed by atoms with Gasteiger partial charge in [0.1, 0.15) is 12.0 Å². The van der Waals surface area contributed by atoms with Gasteiger partial charge in [-0.3, -0.25) is 10.1 Å². The Morgan fingerprint density at radius 1 is 1.16 bits per heavy atom. The Morgan fingerprint density at radius 2 is 1.90 bits per heavy atom. The van der Waals surface area contributed by atoms with Crippen LogP contribution in [0.1, 0.15) is 17.3 Å². The molecule has 4 rings (SSSR count). The highest BCUT2D eigenvalue weighted by Crippen LogP contribution is 2.27. The van der Waals surface area contributed by atoms with Gasteiger partial charge < -0.3 is 19.0 Å². The standard InChI is InChI=1S/C17H12F3N5O2.C3H8O/c1-25-14-5-2-9(8-26)6-13(14)23-16(25)24-15-21-11-4-3-10(7-12(11)22-15)27-17(18,19)20;1-3-4-2/h2-8H,1H3,(H2,21,22,23,24);3H2,1-2H3. The molecule has 0 aliphatic carbocycles. The third kappa shape index (κ3) is 5.31. The topological polar surface area (TPSA) is 94.1 Å². The summed E-state index contributed by atoms with van der Waals surface area (Å²) in [5, 5.41) is 2.99. The first-order valence-electron chi connectivity index (χ1n) is 9.17. The van der Waals surface area contributed by atoms with Crippen LogP contribution in [0.5, 0.6) is 5.75 Å². The number of aldehydes is 1. The van der Waals surface area contributed by atoms with E-state index >= 15 is 0 Å². The zero-order valence-electron chi connectivity index (χ0n) is 16.9. The van der Waals surface area contributed by atoms with E-state index in [1.165, 1.54) is 18.2 Å². The average Bonchev–Trinajstić information content (AvgIpc) is 3.26. The number of hydrogen-bond donors (Lipinski definition) is 2. The zero-order chi connectivity index (χ0) is 22.6. The molecule has 2 aromatic heterocycles. The van der Waals surface area contributed by atoms with Crippen LogP contribution in [-0.2, 0) is 11.8 Å². The Labute approximate surface area is 175 Å². The minimum atomic E-state index is -4.76. The van der Waals surface area contributed by atoms with Crippen molar-refractivity contribution in [1.29, 1.82) is 0 Å². The molecule has 0 amide bonds. The molecule has 0 unspecified atom stereocenters. The second-order valence-electron chi connectivity index (χ2n) is 6.37. The molecule has 0 spiro atoms. The van der Waals surface area contributed by atoms with Gasteiger partial charge in [-0.15, -0.1) is 13.2 Å². The second-order valence-corrected chi connectivity index (χ2v) is 6.37. The van der Waals surface area contributed by atoms with E-state index in [0.717, 1.165) is 18.4 Å². The van der Waals surface area contributed by atoms with Gasteiger partial charge in [0.2, 0.25) is 11.9 Å². The molecular weight excluding hydrogens is 415 g/mol. The number of aryl methyl sites for hydroxylation is 1. The summed E-state index contributed by atoms with van der Waals surface area (Å²) in [7, 11) is 3.47. The summed E-state index contributed by atoms with van der Waals surface area (Å²) in [6, 6.07) is 8.94. The number of H-pyrrole nitrogens is 1. The van der Waals surface area contributed by atoms with Gasteiger partial charge in [0, 0.05) is 32.4 Å². The molecule has 0 radical (unpaired) electrons. The molecule has 31 heavy (non-hydrogen) atoms. The van der Waals surface area contributed by atoms with E-state index in [-0.39, 0.29) is 5.75 Å². The van der Waals surface area contributed by atoms with E-state index < -0.39 is 6.36 Å². The number of aromatic nitrogens is 4. The number of methoxy groups -OCH3 is 1. The highest BCUT2D eigenvalue weighted by Gasteiger charge is 2.31. The maximum absolute atomic E-state index is 12.3. The van der Waals surface area contributed by atoms with E-state index in [0.29, 0.717) is 34.0 Å². The smallest absolute Gasteiger partial charge is 0.406 e. The van der Waals surface area contributed by atoms with E-state index in [1.54, 1.807) is 36.9 Å². The first-order valence-corrected chi connectivity index (χ1v) is 9.17. The van der Waals surface area contributed by atoms with Gasteiger partial charge in [-0.25, -0.2) is 9.97 Å². The molecule has 11 heteroatoms. The molecule has 0 atom stereocenters. The summed E-state index contributed by atoms with van der Waals surface area (Å²) in [5.41, 5.74) is 2.78. The van der Waals surface area contributed by atoms with Crippen LogP contribution in [0.3, 0.4) is 0 Å². The number of benzene rings is 2. The minimum Gasteiger partial charge on any atom is -0.406 e. The van der Waals surface area contributed by atoms with Crippen LogP contribution >= 0.6 is 0 Å². The monoisotopic (exact) mass is 435 g/mol. The Bertz CT molecular complexity index is 1200. The largest absolute Gasteiger partial charge is 0.573 e. The van der Waals surface area contributed by atoms with Crippen LogP contribution in [0.2, 0.25) is 0 Å². The molecule has 2 aromatic carbocycles. The number of rotatable bonds is 5. The maximum Gasteiger partial charge on any atom is 0.573 e. The third-order valence-electron chi connectivity index (χ3n) is 4.25. The van der Waals surface area contributed by atoms with Crippen LogP contribution in [-0.4, -0.2) is 45.9 Å². The van der Waals surface area contributed by atoms with E-state index in [4.69, 9.17) is 0 Å². The number of hydrogen-bond acceptors (Lipinski definition) is 6. The number of anilines is 2. The number of alkyl halides is 3. The van der Waals surface area contributed by atoms with Crippen molar-refractivity contribution in [2.24, 2.45) is 7.05 Å². The van der Waals surface area contributed by atoms with Crippen molar-refractivity contribution in [3.05, 3.63) is 42.0 Å². The molecule has 0 aliphatic rings. The number of fused-ring (bicyclic) bond motifs is 2. The Hall–Kier alpha value is -3.60. The normalized spacial score (nSPS) is 11.3. The molecule has 4 aromatic rings. The van der Waals surface area contributed by atoms with Crippen molar-refractivity contribution in [1.82, 2.24) is 19.5 Å². The van der Waals surface area contributed by atoms with Gasteiger partial charge in [0.05, 0.1) is 22.1 Å². The fraction of sp³-hybridized carbons (Fsp3) is 0.250. The van der Waals surface area contributed by atoms with Crippen LogP contribution in [0.15, 0.2) is 36.4 Å². The fourth-order valence-electron chi connectivity index (χ4n) is 2.75. The average molecular weight is 435 g/mol. The number of halogens is 3. The molecule has 2 N–H and O–H groups in total. The van der Waals surface area contributed by atoms with Crippen molar-refractivity contribution in [3.8, 4) is 5.75 Å². The van der Waals surface area contributed by atoms with Crippen LogP contribution in [0.25, 0.3) is 22.1 Å². The van der Waals surface area contributed by atoms with Gasteiger partial charge in [0.25, 0.3) is 0 Å². The van der Waals surface area contributed by atoms with Crippen molar-refractivity contribution in [2.75, 3.05) is 19.0 Å². The predicted octanol–water partition coefficient (Wildman–Crippen LogP) is 4.56. The Kier molecular flexibility index (Phi) is 6.44. The van der Waals surface area contributed by atoms with Crippen LogP contribution in [0.4, 0.5) is 25.1 Å². The number of ether oxygens (including phenoxy) is 2. The molecule has 0 fully saturated rings. The predicted molar refractivity (Wildman–Crippen MR) is 110 cm³/mol.